The molecule has 0 spiro atoms. The van der Waals surface area contributed by atoms with Crippen molar-refractivity contribution in [2.45, 2.75) is 13.1 Å². The maximum Gasteiger partial charge on any atom is 0.406 e. The Kier molecular flexibility index (Phi) is 6.82. The molecule has 0 amide bonds. The Labute approximate surface area is 92.4 Å². The van der Waals surface area contributed by atoms with Crippen molar-refractivity contribution in [3.8, 4) is 0 Å². The molecule has 3 N–H and O–H groups in total. The summed E-state index contributed by atoms with van der Waals surface area (Å²) >= 11 is 0. The van der Waals surface area contributed by atoms with Crippen LogP contribution in [-0.4, -0.2) is 50.4 Å². The Balaban J connectivity index is 4.43. The number of hydrogen-bond acceptors (Lipinski definition) is 3. The Morgan fingerprint density at radius 3 is 2.50 bits per heavy atom. The second kappa shape index (κ2) is 7.29. The largest absolute Gasteiger partial charge is 0.406 e. The summed E-state index contributed by atoms with van der Waals surface area (Å²) in [7, 11) is 1.48. The zero-order valence-electron chi connectivity index (χ0n) is 9.34. The van der Waals surface area contributed by atoms with Crippen LogP contribution in [0.4, 0.5) is 13.2 Å². The van der Waals surface area contributed by atoms with Gasteiger partial charge in [-0.3, -0.25) is 5.43 Å². The Morgan fingerprint density at radius 2 is 2.12 bits per heavy atom. The summed E-state index contributed by atoms with van der Waals surface area (Å²) in [6, 6.07) is 0. The lowest BCUT2D eigenvalue weighted by atomic mass is 10.5. The molecule has 0 atom stereocenters. The lowest BCUT2D eigenvalue weighted by molar-refractivity contribution is -0.137. The molecular weight excluding hydrogens is 225 g/mol. The van der Waals surface area contributed by atoms with E-state index in [1.807, 2.05) is 0 Å². The average Bonchev–Trinajstić information content (AvgIpc) is 2.20. The minimum absolute atomic E-state index is 0.0110. The Bertz CT molecular complexity index is 220. The van der Waals surface area contributed by atoms with Gasteiger partial charge in [-0.2, -0.15) is 13.2 Å². The van der Waals surface area contributed by atoms with Gasteiger partial charge in [-0.1, -0.05) is 0 Å². The van der Waals surface area contributed by atoms with Crippen LogP contribution in [0.3, 0.4) is 0 Å². The van der Waals surface area contributed by atoms with E-state index in [2.05, 4.69) is 10.4 Å². The predicted octanol–water partition coefficient (Wildman–Crippen LogP) is 0.336. The third-order valence-electron chi connectivity index (χ3n) is 1.74. The topological polar surface area (TPSA) is 62.9 Å². The van der Waals surface area contributed by atoms with Crippen molar-refractivity contribution in [3.05, 3.63) is 0 Å². The average molecular weight is 242 g/mol. The van der Waals surface area contributed by atoms with Gasteiger partial charge in [0.15, 0.2) is 0 Å². The SMILES string of the molecule is CCN(CC(F)(F)F)C(=NCCOC)NN. The molecule has 0 aromatic rings. The highest BCUT2D eigenvalue weighted by Gasteiger charge is 2.31. The van der Waals surface area contributed by atoms with Crippen molar-refractivity contribution in [1.29, 1.82) is 0 Å². The molecule has 0 saturated heterocycles. The van der Waals surface area contributed by atoms with E-state index in [1.165, 1.54) is 7.11 Å². The predicted molar refractivity (Wildman–Crippen MR) is 54.8 cm³/mol. The van der Waals surface area contributed by atoms with Gasteiger partial charge in [-0.15, -0.1) is 0 Å². The van der Waals surface area contributed by atoms with Crippen LogP contribution in [-0.2, 0) is 4.74 Å². The molecule has 0 aliphatic rings. The van der Waals surface area contributed by atoms with Crippen molar-refractivity contribution >= 4 is 5.96 Å². The fraction of sp³-hybridized carbons (Fsp3) is 0.875. The number of nitrogens with one attached hydrogen (secondary N) is 1. The molecule has 0 saturated carbocycles. The fourth-order valence-electron chi connectivity index (χ4n) is 1.03. The first kappa shape index (κ1) is 15.0. The summed E-state index contributed by atoms with van der Waals surface area (Å²) in [4.78, 5) is 4.88. The summed E-state index contributed by atoms with van der Waals surface area (Å²) in [5.74, 6) is 5.13. The normalized spacial score (nSPS) is 12.8. The number of hydrazine groups is 1. The van der Waals surface area contributed by atoms with Gasteiger partial charge in [-0.05, 0) is 6.92 Å². The molecule has 0 bridgehead atoms. The van der Waals surface area contributed by atoms with Crippen molar-refractivity contribution < 1.29 is 17.9 Å². The molecule has 8 heteroatoms. The second-order valence-corrected chi connectivity index (χ2v) is 2.97. The van der Waals surface area contributed by atoms with Crippen LogP contribution in [0.25, 0.3) is 0 Å². The van der Waals surface area contributed by atoms with E-state index in [0.717, 1.165) is 4.90 Å². The van der Waals surface area contributed by atoms with Crippen molar-refractivity contribution in [2.75, 3.05) is 33.4 Å². The Hall–Kier alpha value is -1.02. The zero-order chi connectivity index (χ0) is 12.6. The van der Waals surface area contributed by atoms with Crippen LogP contribution < -0.4 is 11.3 Å². The summed E-state index contributed by atoms with van der Waals surface area (Å²) in [5.41, 5.74) is 2.15. The van der Waals surface area contributed by atoms with Crippen LogP contribution in [0.15, 0.2) is 4.99 Å². The highest BCUT2D eigenvalue weighted by Crippen LogP contribution is 2.16. The van der Waals surface area contributed by atoms with Crippen molar-refractivity contribution in [2.24, 2.45) is 10.8 Å². The van der Waals surface area contributed by atoms with E-state index in [0.29, 0.717) is 6.61 Å². The van der Waals surface area contributed by atoms with Gasteiger partial charge in [-0.25, -0.2) is 10.8 Å². The standard InChI is InChI=1S/C8H17F3N4O/c1-3-15(6-8(9,10)11)7(14-12)13-4-5-16-2/h3-6,12H2,1-2H3,(H,13,14). The molecule has 0 aliphatic heterocycles. The lowest BCUT2D eigenvalue weighted by Gasteiger charge is -2.25. The van der Waals surface area contributed by atoms with Crippen LogP contribution in [0.5, 0.6) is 0 Å². The monoisotopic (exact) mass is 242 g/mol. The third kappa shape index (κ3) is 6.46. The van der Waals surface area contributed by atoms with Gasteiger partial charge in [0.25, 0.3) is 0 Å². The minimum Gasteiger partial charge on any atom is -0.383 e. The summed E-state index contributed by atoms with van der Waals surface area (Å²) < 4.78 is 41.3. The van der Waals surface area contributed by atoms with E-state index in [1.54, 1.807) is 6.92 Å². The Morgan fingerprint density at radius 1 is 1.50 bits per heavy atom. The smallest absolute Gasteiger partial charge is 0.383 e. The van der Waals surface area contributed by atoms with Crippen molar-refractivity contribution in [1.82, 2.24) is 10.3 Å². The van der Waals surface area contributed by atoms with Crippen LogP contribution in [0.1, 0.15) is 6.92 Å². The molecule has 0 aliphatic carbocycles. The number of guanidine groups is 1. The first-order valence-corrected chi connectivity index (χ1v) is 4.76. The molecule has 0 radical (unpaired) electrons. The molecule has 16 heavy (non-hydrogen) atoms. The third-order valence-corrected chi connectivity index (χ3v) is 1.74. The number of rotatable bonds is 5. The molecule has 96 valence electrons. The minimum atomic E-state index is -4.28. The molecule has 0 aromatic heterocycles. The maximum atomic E-state index is 12.2. The van der Waals surface area contributed by atoms with E-state index >= 15 is 0 Å². The van der Waals surface area contributed by atoms with E-state index in [9.17, 15) is 13.2 Å². The van der Waals surface area contributed by atoms with Gasteiger partial charge < -0.3 is 9.64 Å². The molecule has 0 rings (SSSR count). The highest BCUT2D eigenvalue weighted by atomic mass is 19.4. The number of alkyl halides is 3. The number of aliphatic imine (C=N–C) groups is 1. The summed E-state index contributed by atoms with van der Waals surface area (Å²) in [6.07, 6.45) is -4.28. The van der Waals surface area contributed by atoms with Gasteiger partial charge in [0.1, 0.15) is 6.54 Å². The van der Waals surface area contributed by atoms with E-state index < -0.39 is 12.7 Å². The first-order chi connectivity index (χ1) is 7.44. The van der Waals surface area contributed by atoms with E-state index in [4.69, 9.17) is 10.6 Å². The van der Waals surface area contributed by atoms with Crippen LogP contribution in [0, 0.1) is 0 Å². The number of methoxy groups -OCH3 is 1. The highest BCUT2D eigenvalue weighted by molar-refractivity contribution is 5.79. The summed E-state index contributed by atoms with van der Waals surface area (Å²) in [6.45, 7) is 1.25. The van der Waals surface area contributed by atoms with E-state index in [-0.39, 0.29) is 19.0 Å². The number of halogens is 3. The molecule has 5 nitrogen and oxygen atoms in total. The van der Waals surface area contributed by atoms with Crippen LogP contribution in [0.2, 0.25) is 0 Å². The lowest BCUT2D eigenvalue weighted by Crippen LogP contribution is -2.48. The maximum absolute atomic E-state index is 12.2. The zero-order valence-corrected chi connectivity index (χ0v) is 9.34. The number of hydrogen-bond donors (Lipinski definition) is 2. The molecule has 0 aromatic carbocycles. The van der Waals surface area contributed by atoms with Gasteiger partial charge in [0, 0.05) is 13.7 Å². The fourth-order valence-corrected chi connectivity index (χ4v) is 1.03. The summed E-state index contributed by atoms with van der Waals surface area (Å²) in [5, 5.41) is 0. The van der Waals surface area contributed by atoms with Crippen molar-refractivity contribution in [3.63, 3.8) is 0 Å². The van der Waals surface area contributed by atoms with Gasteiger partial charge in [0.2, 0.25) is 5.96 Å². The molecule has 0 unspecified atom stereocenters. The number of nitrogens with two attached hydrogens (primary N) is 1. The molecule has 0 heterocycles. The quantitative estimate of drug-likeness (QED) is 0.240. The molecular formula is C8H17F3N4O. The molecule has 0 fully saturated rings. The van der Waals surface area contributed by atoms with Gasteiger partial charge >= 0.3 is 6.18 Å². The number of nitrogens with zero attached hydrogens (tertiary/aromatic N) is 2. The second-order valence-electron chi connectivity index (χ2n) is 2.97. The number of ether oxygens (including phenoxy) is 1. The first-order valence-electron chi connectivity index (χ1n) is 4.76. The van der Waals surface area contributed by atoms with Gasteiger partial charge in [0.05, 0.1) is 13.2 Å². The van der Waals surface area contributed by atoms with Crippen LogP contribution >= 0.6 is 0 Å².